The van der Waals surface area contributed by atoms with E-state index in [1.807, 2.05) is 24.3 Å². The first-order valence-corrected chi connectivity index (χ1v) is 5.43. The molecule has 1 heterocycles. The molecule has 2 rings (SSSR count). The number of pyridine rings is 1. The van der Waals surface area contributed by atoms with Gasteiger partial charge < -0.3 is 20.5 Å². The van der Waals surface area contributed by atoms with Gasteiger partial charge in [0.05, 0.1) is 19.9 Å². The van der Waals surface area contributed by atoms with Gasteiger partial charge in [0, 0.05) is 24.0 Å². The van der Waals surface area contributed by atoms with E-state index < -0.39 is 0 Å². The van der Waals surface area contributed by atoms with Gasteiger partial charge in [0.2, 0.25) is 0 Å². The van der Waals surface area contributed by atoms with Crippen LogP contribution in [0.15, 0.2) is 36.5 Å². The Kier molecular flexibility index (Phi) is 3.52. The molecule has 0 saturated carbocycles. The normalized spacial score (nSPS) is 9.89. The highest BCUT2D eigenvalue weighted by molar-refractivity contribution is 5.69. The van der Waals surface area contributed by atoms with Crippen molar-refractivity contribution in [2.75, 3.05) is 25.3 Å². The number of nitrogens with one attached hydrogen (secondary N) is 1. The van der Waals surface area contributed by atoms with Gasteiger partial charge in [0.1, 0.15) is 17.3 Å². The van der Waals surface area contributed by atoms with Gasteiger partial charge in [-0.05, 0) is 18.2 Å². The summed E-state index contributed by atoms with van der Waals surface area (Å²) < 4.78 is 10.5. The monoisotopic (exact) mass is 245 g/mol. The molecule has 3 N–H and O–H groups in total. The van der Waals surface area contributed by atoms with Crippen LogP contribution >= 0.6 is 0 Å². The maximum atomic E-state index is 5.63. The molecule has 0 aliphatic carbocycles. The minimum Gasteiger partial charge on any atom is -0.497 e. The zero-order valence-corrected chi connectivity index (χ0v) is 10.3. The Labute approximate surface area is 106 Å². The van der Waals surface area contributed by atoms with E-state index in [1.165, 1.54) is 0 Å². The van der Waals surface area contributed by atoms with Crippen molar-refractivity contribution in [2.45, 2.75) is 0 Å². The van der Waals surface area contributed by atoms with Crippen molar-refractivity contribution in [1.82, 2.24) is 4.98 Å². The fraction of sp³-hybridized carbons (Fsp3) is 0.154. The van der Waals surface area contributed by atoms with Gasteiger partial charge in [-0.1, -0.05) is 0 Å². The summed E-state index contributed by atoms with van der Waals surface area (Å²) in [5.41, 5.74) is 7.28. The molecule has 18 heavy (non-hydrogen) atoms. The van der Waals surface area contributed by atoms with E-state index in [-0.39, 0.29) is 0 Å². The van der Waals surface area contributed by atoms with E-state index in [0.29, 0.717) is 5.82 Å². The minimum atomic E-state index is 0.460. The molecule has 0 saturated heterocycles. The first kappa shape index (κ1) is 12.0. The molecule has 0 bridgehead atoms. The number of hydrogen-bond donors (Lipinski definition) is 2. The summed E-state index contributed by atoms with van der Waals surface area (Å²) in [6.45, 7) is 0. The molecule has 0 aliphatic heterocycles. The summed E-state index contributed by atoms with van der Waals surface area (Å²) in [5, 5.41) is 3.21. The zero-order valence-electron chi connectivity index (χ0n) is 10.3. The van der Waals surface area contributed by atoms with Crippen LogP contribution in [0.25, 0.3) is 0 Å². The molecule has 0 spiro atoms. The summed E-state index contributed by atoms with van der Waals surface area (Å²) in [7, 11) is 3.24. The fourth-order valence-corrected chi connectivity index (χ4v) is 1.59. The lowest BCUT2D eigenvalue weighted by Gasteiger charge is -2.12. The van der Waals surface area contributed by atoms with E-state index in [1.54, 1.807) is 26.5 Å². The number of aromatic nitrogens is 1. The fourth-order valence-electron chi connectivity index (χ4n) is 1.59. The second-order valence-electron chi connectivity index (χ2n) is 3.66. The predicted molar refractivity (Wildman–Crippen MR) is 71.5 cm³/mol. The summed E-state index contributed by atoms with van der Waals surface area (Å²) in [5.74, 6) is 1.94. The highest BCUT2D eigenvalue weighted by Crippen LogP contribution is 2.31. The van der Waals surface area contributed by atoms with Gasteiger partial charge in [0.15, 0.2) is 0 Å². The molecule has 0 aliphatic rings. The Balaban J connectivity index is 2.32. The summed E-state index contributed by atoms with van der Waals surface area (Å²) in [6, 6.07) is 9.11. The third-order valence-corrected chi connectivity index (χ3v) is 2.47. The van der Waals surface area contributed by atoms with Crippen LogP contribution in [0.3, 0.4) is 0 Å². The van der Waals surface area contributed by atoms with E-state index in [9.17, 15) is 0 Å². The van der Waals surface area contributed by atoms with Crippen LogP contribution in [-0.2, 0) is 0 Å². The molecule has 2 aromatic rings. The summed E-state index contributed by atoms with van der Waals surface area (Å²) >= 11 is 0. The van der Waals surface area contributed by atoms with E-state index in [2.05, 4.69) is 10.3 Å². The second kappa shape index (κ2) is 5.27. The molecule has 5 heteroatoms. The Bertz CT molecular complexity index is 544. The summed E-state index contributed by atoms with van der Waals surface area (Å²) in [6.07, 6.45) is 1.64. The topological polar surface area (TPSA) is 69.4 Å². The molecule has 0 atom stereocenters. The van der Waals surface area contributed by atoms with Crippen molar-refractivity contribution in [3.63, 3.8) is 0 Å². The molecule has 0 fully saturated rings. The number of ether oxygens (including phenoxy) is 2. The van der Waals surface area contributed by atoms with Crippen LogP contribution < -0.4 is 20.5 Å². The van der Waals surface area contributed by atoms with Crippen LogP contribution in [0.5, 0.6) is 11.5 Å². The smallest absolute Gasteiger partial charge is 0.142 e. The van der Waals surface area contributed by atoms with Crippen LogP contribution in [-0.4, -0.2) is 19.2 Å². The van der Waals surface area contributed by atoms with E-state index >= 15 is 0 Å². The van der Waals surface area contributed by atoms with Gasteiger partial charge in [-0.3, -0.25) is 0 Å². The SMILES string of the molecule is COc1ccc(OC)c(Nc2ccnc(N)c2)c1. The number of rotatable bonds is 4. The average Bonchev–Trinajstić information content (AvgIpc) is 2.38. The Morgan fingerprint density at radius 1 is 1.11 bits per heavy atom. The number of hydrogen-bond acceptors (Lipinski definition) is 5. The van der Waals surface area contributed by atoms with Crippen molar-refractivity contribution < 1.29 is 9.47 Å². The molecule has 0 unspecified atom stereocenters. The van der Waals surface area contributed by atoms with E-state index in [0.717, 1.165) is 22.9 Å². The third kappa shape index (κ3) is 2.63. The minimum absolute atomic E-state index is 0.460. The molecule has 0 amide bonds. The highest BCUT2D eigenvalue weighted by Gasteiger charge is 2.05. The molecule has 0 radical (unpaired) electrons. The van der Waals surface area contributed by atoms with Gasteiger partial charge >= 0.3 is 0 Å². The van der Waals surface area contributed by atoms with Crippen molar-refractivity contribution in [3.05, 3.63) is 36.5 Å². The number of nitrogens with two attached hydrogens (primary N) is 1. The zero-order chi connectivity index (χ0) is 13.0. The maximum absolute atomic E-state index is 5.63. The standard InChI is InChI=1S/C13H15N3O2/c1-17-10-3-4-12(18-2)11(8-10)16-9-5-6-15-13(14)7-9/h3-8H,1-2H3,(H3,14,15,16). The van der Waals surface area contributed by atoms with Gasteiger partial charge in [-0.15, -0.1) is 0 Å². The van der Waals surface area contributed by atoms with Crippen molar-refractivity contribution in [2.24, 2.45) is 0 Å². The molecule has 94 valence electrons. The Morgan fingerprint density at radius 3 is 2.61 bits per heavy atom. The van der Waals surface area contributed by atoms with Crippen LogP contribution in [0.4, 0.5) is 17.2 Å². The Hall–Kier alpha value is -2.43. The largest absolute Gasteiger partial charge is 0.497 e. The maximum Gasteiger partial charge on any atom is 0.142 e. The number of nitrogen functional groups attached to an aromatic ring is 1. The molecule has 1 aromatic carbocycles. The average molecular weight is 245 g/mol. The first-order valence-electron chi connectivity index (χ1n) is 5.43. The lowest BCUT2D eigenvalue weighted by atomic mass is 10.2. The molecular weight excluding hydrogens is 230 g/mol. The lowest BCUT2D eigenvalue weighted by Crippen LogP contribution is -1.97. The van der Waals surface area contributed by atoms with Crippen molar-refractivity contribution >= 4 is 17.2 Å². The second-order valence-corrected chi connectivity index (χ2v) is 3.66. The Morgan fingerprint density at radius 2 is 1.94 bits per heavy atom. The first-order chi connectivity index (χ1) is 8.72. The van der Waals surface area contributed by atoms with Crippen LogP contribution in [0, 0.1) is 0 Å². The van der Waals surface area contributed by atoms with Crippen molar-refractivity contribution in [3.8, 4) is 11.5 Å². The number of nitrogens with zero attached hydrogens (tertiary/aromatic N) is 1. The highest BCUT2D eigenvalue weighted by atomic mass is 16.5. The number of methoxy groups -OCH3 is 2. The predicted octanol–water partition coefficient (Wildman–Crippen LogP) is 2.42. The van der Waals surface area contributed by atoms with Gasteiger partial charge in [0.25, 0.3) is 0 Å². The van der Waals surface area contributed by atoms with Crippen LogP contribution in [0.2, 0.25) is 0 Å². The number of anilines is 3. The lowest BCUT2D eigenvalue weighted by molar-refractivity contribution is 0.405. The molecular formula is C13H15N3O2. The third-order valence-electron chi connectivity index (χ3n) is 2.47. The number of benzene rings is 1. The summed E-state index contributed by atoms with van der Waals surface area (Å²) in [4.78, 5) is 3.94. The molecule has 1 aromatic heterocycles. The van der Waals surface area contributed by atoms with Crippen molar-refractivity contribution in [1.29, 1.82) is 0 Å². The van der Waals surface area contributed by atoms with Crippen LogP contribution in [0.1, 0.15) is 0 Å². The van der Waals surface area contributed by atoms with E-state index in [4.69, 9.17) is 15.2 Å². The quantitative estimate of drug-likeness (QED) is 0.865. The molecule has 5 nitrogen and oxygen atoms in total. The van der Waals surface area contributed by atoms with Gasteiger partial charge in [-0.2, -0.15) is 0 Å². The van der Waals surface area contributed by atoms with Gasteiger partial charge in [-0.25, -0.2) is 4.98 Å².